The van der Waals surface area contributed by atoms with Crippen molar-refractivity contribution in [2.75, 3.05) is 18.8 Å². The van der Waals surface area contributed by atoms with Gasteiger partial charge in [0.1, 0.15) is 0 Å². The molecule has 0 aromatic rings. The summed E-state index contributed by atoms with van der Waals surface area (Å²) in [7, 11) is -3.13. The quantitative estimate of drug-likeness (QED) is 0.759. The average molecular weight is 262 g/mol. The average Bonchev–Trinajstić information content (AvgIpc) is 2.20. The molecule has 102 valence electrons. The van der Waals surface area contributed by atoms with Crippen molar-refractivity contribution in [3.8, 4) is 0 Å². The second-order valence-corrected chi connectivity index (χ2v) is 7.17. The van der Waals surface area contributed by atoms with E-state index >= 15 is 0 Å². The van der Waals surface area contributed by atoms with Gasteiger partial charge in [-0.1, -0.05) is 27.2 Å². The van der Waals surface area contributed by atoms with Crippen LogP contribution in [0.25, 0.3) is 0 Å². The number of nitrogens with one attached hydrogen (secondary N) is 2. The van der Waals surface area contributed by atoms with E-state index in [0.29, 0.717) is 5.92 Å². The van der Waals surface area contributed by atoms with Crippen LogP contribution in [0, 0.1) is 11.8 Å². The highest BCUT2D eigenvalue weighted by Crippen LogP contribution is 2.14. The third-order valence-electron chi connectivity index (χ3n) is 3.44. The third-order valence-corrected chi connectivity index (χ3v) is 5.11. The van der Waals surface area contributed by atoms with Crippen LogP contribution in [0.5, 0.6) is 0 Å². The molecule has 1 aliphatic rings. The number of sulfonamides is 1. The fourth-order valence-corrected chi connectivity index (χ4v) is 4.17. The fraction of sp³-hybridized carbons (Fsp3) is 1.00. The maximum atomic E-state index is 12.0. The minimum absolute atomic E-state index is 0.0579. The first-order valence-electron chi connectivity index (χ1n) is 6.65. The molecule has 0 radical (unpaired) electrons. The van der Waals surface area contributed by atoms with Gasteiger partial charge in [-0.2, -0.15) is 0 Å². The standard InChI is InChI=1S/C12H26N2O2S/c1-4-5-10(2)9-17(15,16)14-12-8-13-7-6-11(12)3/h10-14H,4-9H2,1-3H3. The van der Waals surface area contributed by atoms with Crippen molar-refractivity contribution >= 4 is 10.0 Å². The molecule has 1 rings (SSSR count). The second-order valence-electron chi connectivity index (χ2n) is 5.37. The Morgan fingerprint density at radius 1 is 1.47 bits per heavy atom. The van der Waals surface area contributed by atoms with E-state index in [-0.39, 0.29) is 17.7 Å². The summed E-state index contributed by atoms with van der Waals surface area (Å²) < 4.78 is 26.8. The SMILES string of the molecule is CCCC(C)CS(=O)(=O)NC1CNCCC1C. The van der Waals surface area contributed by atoms with Gasteiger partial charge in [0.15, 0.2) is 0 Å². The highest BCUT2D eigenvalue weighted by Gasteiger charge is 2.26. The maximum Gasteiger partial charge on any atom is 0.212 e. The Bertz CT molecular complexity index is 316. The molecule has 0 saturated carbocycles. The smallest absolute Gasteiger partial charge is 0.212 e. The molecule has 5 heteroatoms. The molecule has 3 atom stereocenters. The van der Waals surface area contributed by atoms with Gasteiger partial charge in [0.2, 0.25) is 10.0 Å². The number of rotatable bonds is 6. The van der Waals surface area contributed by atoms with E-state index in [0.717, 1.165) is 32.4 Å². The van der Waals surface area contributed by atoms with Crippen LogP contribution in [0.2, 0.25) is 0 Å². The molecule has 0 amide bonds. The normalized spacial score (nSPS) is 27.9. The maximum absolute atomic E-state index is 12.0. The van der Waals surface area contributed by atoms with E-state index in [1.165, 1.54) is 0 Å². The molecule has 0 aromatic heterocycles. The van der Waals surface area contributed by atoms with E-state index in [9.17, 15) is 8.42 Å². The van der Waals surface area contributed by atoms with E-state index in [1.54, 1.807) is 0 Å². The lowest BCUT2D eigenvalue weighted by Gasteiger charge is -2.30. The zero-order chi connectivity index (χ0) is 12.9. The minimum Gasteiger partial charge on any atom is -0.315 e. The summed E-state index contributed by atoms with van der Waals surface area (Å²) in [5.41, 5.74) is 0. The Hall–Kier alpha value is -0.130. The Balaban J connectivity index is 2.47. The largest absolute Gasteiger partial charge is 0.315 e. The molecule has 0 spiro atoms. The van der Waals surface area contributed by atoms with Gasteiger partial charge < -0.3 is 5.32 Å². The van der Waals surface area contributed by atoms with Gasteiger partial charge in [-0.3, -0.25) is 0 Å². The number of piperidine rings is 1. The molecule has 1 heterocycles. The summed E-state index contributed by atoms with van der Waals surface area (Å²) in [4.78, 5) is 0. The van der Waals surface area contributed by atoms with Gasteiger partial charge >= 0.3 is 0 Å². The summed E-state index contributed by atoms with van der Waals surface area (Å²) >= 11 is 0. The van der Waals surface area contributed by atoms with Crippen LogP contribution in [0.4, 0.5) is 0 Å². The molecule has 2 N–H and O–H groups in total. The lowest BCUT2D eigenvalue weighted by atomic mass is 9.96. The molecule has 17 heavy (non-hydrogen) atoms. The zero-order valence-corrected chi connectivity index (χ0v) is 12.0. The van der Waals surface area contributed by atoms with Crippen LogP contribution in [0.3, 0.4) is 0 Å². The molecule has 3 unspecified atom stereocenters. The Labute approximate surface area is 106 Å². The minimum atomic E-state index is -3.13. The molecular weight excluding hydrogens is 236 g/mol. The van der Waals surface area contributed by atoms with E-state index < -0.39 is 10.0 Å². The van der Waals surface area contributed by atoms with Crippen molar-refractivity contribution in [3.63, 3.8) is 0 Å². The predicted octanol–water partition coefficient (Wildman–Crippen LogP) is 1.34. The van der Waals surface area contributed by atoms with Gasteiger partial charge in [0.25, 0.3) is 0 Å². The van der Waals surface area contributed by atoms with Crippen molar-refractivity contribution in [2.24, 2.45) is 11.8 Å². The number of hydrogen-bond acceptors (Lipinski definition) is 3. The first kappa shape index (κ1) is 14.9. The van der Waals surface area contributed by atoms with E-state index in [4.69, 9.17) is 0 Å². The molecule has 4 nitrogen and oxygen atoms in total. The van der Waals surface area contributed by atoms with Crippen molar-refractivity contribution < 1.29 is 8.42 Å². The van der Waals surface area contributed by atoms with Gasteiger partial charge in [-0.25, -0.2) is 13.1 Å². The summed E-state index contributed by atoms with van der Waals surface area (Å²) in [6.45, 7) is 7.95. The monoisotopic (exact) mass is 262 g/mol. The van der Waals surface area contributed by atoms with Gasteiger partial charge in [0.05, 0.1) is 5.75 Å². The second kappa shape index (κ2) is 6.71. The Morgan fingerprint density at radius 3 is 2.76 bits per heavy atom. The van der Waals surface area contributed by atoms with E-state index in [1.807, 2.05) is 6.92 Å². The van der Waals surface area contributed by atoms with Gasteiger partial charge in [0, 0.05) is 12.6 Å². The number of hydrogen-bond donors (Lipinski definition) is 2. The summed E-state index contributed by atoms with van der Waals surface area (Å²) in [5, 5.41) is 3.24. The lowest BCUT2D eigenvalue weighted by Crippen LogP contribution is -2.50. The van der Waals surface area contributed by atoms with Crippen molar-refractivity contribution in [3.05, 3.63) is 0 Å². The first-order valence-corrected chi connectivity index (χ1v) is 8.30. The zero-order valence-electron chi connectivity index (χ0n) is 11.2. The molecule has 1 saturated heterocycles. The topological polar surface area (TPSA) is 58.2 Å². The van der Waals surface area contributed by atoms with Crippen molar-refractivity contribution in [1.82, 2.24) is 10.0 Å². The molecular formula is C12H26N2O2S. The van der Waals surface area contributed by atoms with Crippen LogP contribution in [0.1, 0.15) is 40.0 Å². The van der Waals surface area contributed by atoms with Crippen LogP contribution < -0.4 is 10.0 Å². The highest BCUT2D eigenvalue weighted by molar-refractivity contribution is 7.89. The molecule has 0 aliphatic carbocycles. The predicted molar refractivity (Wildman–Crippen MR) is 71.4 cm³/mol. The van der Waals surface area contributed by atoms with Crippen molar-refractivity contribution in [2.45, 2.75) is 46.1 Å². The summed E-state index contributed by atoms with van der Waals surface area (Å²) in [5.74, 6) is 0.918. The molecule has 1 fully saturated rings. The van der Waals surface area contributed by atoms with Gasteiger partial charge in [-0.05, 0) is 31.2 Å². The first-order chi connectivity index (χ1) is 7.94. The van der Waals surface area contributed by atoms with Crippen LogP contribution in [0.15, 0.2) is 0 Å². The van der Waals surface area contributed by atoms with Crippen LogP contribution >= 0.6 is 0 Å². The Morgan fingerprint density at radius 2 is 2.18 bits per heavy atom. The molecule has 1 aliphatic heterocycles. The lowest BCUT2D eigenvalue weighted by molar-refractivity contribution is 0.326. The van der Waals surface area contributed by atoms with Gasteiger partial charge in [-0.15, -0.1) is 0 Å². The van der Waals surface area contributed by atoms with E-state index in [2.05, 4.69) is 23.9 Å². The molecule has 0 aromatic carbocycles. The third kappa shape index (κ3) is 5.36. The highest BCUT2D eigenvalue weighted by atomic mass is 32.2. The molecule has 0 bridgehead atoms. The van der Waals surface area contributed by atoms with Crippen LogP contribution in [-0.4, -0.2) is 33.3 Å². The summed E-state index contributed by atoms with van der Waals surface area (Å²) in [6.07, 6.45) is 3.05. The fourth-order valence-electron chi connectivity index (χ4n) is 2.38. The van der Waals surface area contributed by atoms with Crippen LogP contribution in [-0.2, 0) is 10.0 Å². The summed E-state index contributed by atoms with van der Waals surface area (Å²) in [6, 6.07) is 0.0579. The Kier molecular flexibility index (Phi) is 5.89. The van der Waals surface area contributed by atoms with Crippen molar-refractivity contribution in [1.29, 1.82) is 0 Å².